The van der Waals surface area contributed by atoms with E-state index in [-0.39, 0.29) is 19.1 Å². The van der Waals surface area contributed by atoms with Crippen LogP contribution < -0.4 is 5.73 Å². The second kappa shape index (κ2) is 8.94. The van der Waals surface area contributed by atoms with E-state index in [0.717, 1.165) is 10.5 Å². The molecule has 0 unspecified atom stereocenters. The average Bonchev–Trinajstić information content (AvgIpc) is 2.50. The Balaban J connectivity index is 2.66. The molecule has 1 aromatic rings. The second-order valence-corrected chi connectivity index (χ2v) is 5.39. The molecule has 0 saturated heterocycles. The van der Waals surface area contributed by atoms with Crippen molar-refractivity contribution in [3.8, 4) is 0 Å². The van der Waals surface area contributed by atoms with Crippen LogP contribution in [0.2, 0.25) is 0 Å². The summed E-state index contributed by atoms with van der Waals surface area (Å²) in [7, 11) is 0. The molecular formula is C16H22N2O4. The van der Waals surface area contributed by atoms with Gasteiger partial charge in [-0.25, -0.2) is 9.69 Å². The van der Waals surface area contributed by atoms with E-state index in [1.165, 1.54) is 0 Å². The lowest BCUT2D eigenvalue weighted by molar-refractivity contribution is -0.133. The van der Waals surface area contributed by atoms with Crippen LogP contribution in [0.1, 0.15) is 25.8 Å². The largest absolute Gasteiger partial charge is 0.444 e. The molecule has 1 atom stereocenters. The van der Waals surface area contributed by atoms with Gasteiger partial charge in [-0.15, -0.1) is 0 Å². The van der Waals surface area contributed by atoms with Gasteiger partial charge in [-0.05, 0) is 17.9 Å². The zero-order chi connectivity index (χ0) is 16.5. The minimum absolute atomic E-state index is 0.0295. The molecule has 1 aromatic carbocycles. The number of carbonyl (C=O) groups is 3. The number of carbonyl (C=O) groups excluding carboxylic acids is 3. The van der Waals surface area contributed by atoms with Gasteiger partial charge < -0.3 is 15.3 Å². The van der Waals surface area contributed by atoms with Gasteiger partial charge in [0.25, 0.3) is 0 Å². The van der Waals surface area contributed by atoms with Gasteiger partial charge >= 0.3 is 6.09 Å². The van der Waals surface area contributed by atoms with E-state index < -0.39 is 18.0 Å². The molecule has 0 saturated carbocycles. The summed E-state index contributed by atoms with van der Waals surface area (Å²) in [5.41, 5.74) is 6.57. The number of aldehydes is 1. The van der Waals surface area contributed by atoms with E-state index in [1.54, 1.807) is 12.1 Å². The number of amides is 2. The minimum atomic E-state index is -0.861. The maximum absolute atomic E-state index is 12.2. The van der Waals surface area contributed by atoms with Crippen LogP contribution in [0.25, 0.3) is 0 Å². The molecule has 0 aromatic heterocycles. The Labute approximate surface area is 130 Å². The summed E-state index contributed by atoms with van der Waals surface area (Å²) in [5, 5.41) is 0. The SMILES string of the molecule is CC(C)C[C@H](N)C(=O)N(CC=O)C(=O)OCc1ccccc1. The van der Waals surface area contributed by atoms with Crippen molar-refractivity contribution in [3.05, 3.63) is 35.9 Å². The molecule has 0 fully saturated rings. The van der Waals surface area contributed by atoms with Crippen LogP contribution >= 0.6 is 0 Å². The lowest BCUT2D eigenvalue weighted by atomic mass is 10.0. The van der Waals surface area contributed by atoms with E-state index in [4.69, 9.17) is 10.5 Å². The molecular weight excluding hydrogens is 284 g/mol. The molecule has 0 aliphatic carbocycles. The molecule has 2 N–H and O–H groups in total. The van der Waals surface area contributed by atoms with Gasteiger partial charge in [0.15, 0.2) is 0 Å². The molecule has 0 aliphatic heterocycles. The molecule has 0 radical (unpaired) electrons. The summed E-state index contributed by atoms with van der Waals surface area (Å²) >= 11 is 0. The van der Waals surface area contributed by atoms with Gasteiger partial charge in [0.05, 0.1) is 12.6 Å². The Morgan fingerprint density at radius 3 is 2.45 bits per heavy atom. The Morgan fingerprint density at radius 2 is 1.91 bits per heavy atom. The molecule has 6 nitrogen and oxygen atoms in total. The smallest absolute Gasteiger partial charge is 0.417 e. The summed E-state index contributed by atoms with van der Waals surface area (Å²) in [6.45, 7) is 3.51. The Kier molecular flexibility index (Phi) is 7.25. The topological polar surface area (TPSA) is 89.7 Å². The van der Waals surface area contributed by atoms with Crippen molar-refractivity contribution in [1.29, 1.82) is 0 Å². The van der Waals surface area contributed by atoms with Gasteiger partial charge in [0, 0.05) is 0 Å². The highest BCUT2D eigenvalue weighted by Crippen LogP contribution is 2.08. The fourth-order valence-electron chi connectivity index (χ4n) is 1.94. The number of nitrogens with two attached hydrogens (primary N) is 1. The predicted molar refractivity (Wildman–Crippen MR) is 81.8 cm³/mol. The predicted octanol–water partition coefficient (Wildman–Crippen LogP) is 1.72. The molecule has 0 spiro atoms. The van der Waals surface area contributed by atoms with Gasteiger partial charge in [-0.1, -0.05) is 44.2 Å². The van der Waals surface area contributed by atoms with Gasteiger partial charge in [-0.2, -0.15) is 0 Å². The van der Waals surface area contributed by atoms with Crippen molar-refractivity contribution in [2.45, 2.75) is 32.9 Å². The van der Waals surface area contributed by atoms with Crippen LogP contribution in [-0.4, -0.2) is 35.8 Å². The molecule has 22 heavy (non-hydrogen) atoms. The number of hydrogen-bond acceptors (Lipinski definition) is 5. The number of hydrogen-bond donors (Lipinski definition) is 1. The van der Waals surface area contributed by atoms with Crippen LogP contribution in [0.5, 0.6) is 0 Å². The first-order chi connectivity index (χ1) is 10.5. The normalized spacial score (nSPS) is 11.8. The fraction of sp³-hybridized carbons (Fsp3) is 0.438. The summed E-state index contributed by atoms with van der Waals surface area (Å²) in [6, 6.07) is 8.24. The van der Waals surface area contributed by atoms with E-state index in [1.807, 2.05) is 32.0 Å². The zero-order valence-electron chi connectivity index (χ0n) is 12.9. The molecule has 0 aliphatic rings. The van der Waals surface area contributed by atoms with Crippen molar-refractivity contribution in [3.63, 3.8) is 0 Å². The van der Waals surface area contributed by atoms with E-state index in [9.17, 15) is 14.4 Å². The summed E-state index contributed by atoms with van der Waals surface area (Å²) in [6.07, 6.45) is 0.0457. The first kappa shape index (κ1) is 17.8. The third-order valence-electron chi connectivity index (χ3n) is 2.99. The van der Waals surface area contributed by atoms with E-state index in [2.05, 4.69) is 0 Å². The van der Waals surface area contributed by atoms with Gasteiger partial charge in [0.1, 0.15) is 12.9 Å². The Morgan fingerprint density at radius 1 is 1.27 bits per heavy atom. The first-order valence-electron chi connectivity index (χ1n) is 7.17. The van der Waals surface area contributed by atoms with Crippen LogP contribution in [0.3, 0.4) is 0 Å². The standard InChI is InChI=1S/C16H22N2O4/c1-12(2)10-14(17)15(20)18(8-9-19)16(21)22-11-13-6-4-3-5-7-13/h3-7,9,12,14H,8,10-11,17H2,1-2H3/t14-/m0/s1. The van der Waals surface area contributed by atoms with Crippen LogP contribution in [0.4, 0.5) is 4.79 Å². The third-order valence-corrected chi connectivity index (χ3v) is 2.99. The summed E-state index contributed by atoms with van der Waals surface area (Å²) in [5.74, 6) is -0.392. The lowest BCUT2D eigenvalue weighted by Gasteiger charge is -2.22. The maximum Gasteiger partial charge on any atom is 0.417 e. The third kappa shape index (κ3) is 5.65. The molecule has 2 amide bonds. The van der Waals surface area contributed by atoms with Gasteiger partial charge in [-0.3, -0.25) is 4.79 Å². The first-order valence-corrected chi connectivity index (χ1v) is 7.17. The molecule has 120 valence electrons. The number of imide groups is 1. The van der Waals surface area contributed by atoms with E-state index in [0.29, 0.717) is 12.7 Å². The van der Waals surface area contributed by atoms with E-state index >= 15 is 0 Å². The highest BCUT2D eigenvalue weighted by Gasteiger charge is 2.27. The summed E-state index contributed by atoms with van der Waals surface area (Å²) < 4.78 is 5.07. The summed E-state index contributed by atoms with van der Waals surface area (Å²) in [4.78, 5) is 35.6. The second-order valence-electron chi connectivity index (χ2n) is 5.39. The average molecular weight is 306 g/mol. The lowest BCUT2D eigenvalue weighted by Crippen LogP contribution is -2.48. The molecule has 0 bridgehead atoms. The van der Waals surface area contributed by atoms with Crippen molar-refractivity contribution < 1.29 is 19.1 Å². The molecule has 0 heterocycles. The van der Waals surface area contributed by atoms with Crippen LogP contribution in [0, 0.1) is 5.92 Å². The molecule has 6 heteroatoms. The zero-order valence-corrected chi connectivity index (χ0v) is 12.9. The maximum atomic E-state index is 12.2. The highest BCUT2D eigenvalue weighted by molar-refractivity contribution is 5.96. The van der Waals surface area contributed by atoms with Crippen molar-refractivity contribution in [1.82, 2.24) is 4.90 Å². The minimum Gasteiger partial charge on any atom is -0.444 e. The quantitative estimate of drug-likeness (QED) is 0.775. The number of rotatable bonds is 7. The van der Waals surface area contributed by atoms with Crippen LogP contribution in [0.15, 0.2) is 30.3 Å². The monoisotopic (exact) mass is 306 g/mol. The Hall–Kier alpha value is -2.21. The number of ether oxygens (including phenoxy) is 1. The molecule has 1 rings (SSSR count). The Bertz CT molecular complexity index is 502. The number of nitrogens with zero attached hydrogens (tertiary/aromatic N) is 1. The number of benzene rings is 1. The van der Waals surface area contributed by atoms with Gasteiger partial charge in [0.2, 0.25) is 5.91 Å². The van der Waals surface area contributed by atoms with Crippen molar-refractivity contribution in [2.24, 2.45) is 11.7 Å². The fourth-order valence-corrected chi connectivity index (χ4v) is 1.94. The van der Waals surface area contributed by atoms with Crippen LogP contribution in [-0.2, 0) is 20.9 Å². The highest BCUT2D eigenvalue weighted by atomic mass is 16.6. The van der Waals surface area contributed by atoms with Crippen molar-refractivity contribution >= 4 is 18.3 Å². The van der Waals surface area contributed by atoms with Crippen molar-refractivity contribution in [2.75, 3.05) is 6.54 Å².